The second-order valence-corrected chi connectivity index (χ2v) is 7.02. The molecule has 0 atom stereocenters. The highest BCUT2D eigenvalue weighted by atomic mass is 79.9. The lowest BCUT2D eigenvalue weighted by molar-refractivity contribution is 0.579. The van der Waals surface area contributed by atoms with E-state index in [-0.39, 0.29) is 21.6 Å². The summed E-state index contributed by atoms with van der Waals surface area (Å²) in [5, 5.41) is 4.15. The number of anilines is 1. The highest BCUT2D eigenvalue weighted by Gasteiger charge is 2.19. The van der Waals surface area contributed by atoms with Crippen molar-refractivity contribution in [2.75, 3.05) is 12.3 Å². The Hall–Kier alpha value is -1.45. The van der Waals surface area contributed by atoms with Crippen LogP contribution in [0, 0.1) is 5.82 Å². The number of hydrogen-bond acceptors (Lipinski definition) is 4. The van der Waals surface area contributed by atoms with Gasteiger partial charge in [-0.1, -0.05) is 0 Å². The molecule has 0 aliphatic heterocycles. The number of sulfonamides is 1. The molecule has 1 heterocycles. The molecule has 1 aromatic heterocycles. The lowest BCUT2D eigenvalue weighted by Gasteiger charge is -2.09. The van der Waals surface area contributed by atoms with E-state index in [4.69, 9.17) is 5.73 Å². The largest absolute Gasteiger partial charge is 0.396 e. The van der Waals surface area contributed by atoms with Crippen LogP contribution in [-0.2, 0) is 23.5 Å². The van der Waals surface area contributed by atoms with Crippen LogP contribution in [0.1, 0.15) is 5.69 Å². The van der Waals surface area contributed by atoms with Gasteiger partial charge in [0.15, 0.2) is 0 Å². The molecule has 2 aromatic rings. The van der Waals surface area contributed by atoms with E-state index >= 15 is 0 Å². The molecule has 3 N–H and O–H groups in total. The summed E-state index contributed by atoms with van der Waals surface area (Å²) in [6.45, 7) is 0.184. The second kappa shape index (κ2) is 6.12. The summed E-state index contributed by atoms with van der Waals surface area (Å²) in [4.78, 5) is -0.0950. The van der Waals surface area contributed by atoms with Crippen LogP contribution in [0.4, 0.5) is 10.1 Å². The number of halogens is 2. The summed E-state index contributed by atoms with van der Waals surface area (Å²) in [7, 11) is -1.99. The van der Waals surface area contributed by atoms with Gasteiger partial charge in [0.25, 0.3) is 0 Å². The Morgan fingerprint density at radius 2 is 2.19 bits per heavy atom. The zero-order chi connectivity index (χ0) is 15.6. The predicted molar refractivity (Wildman–Crippen MR) is 80.6 cm³/mol. The van der Waals surface area contributed by atoms with E-state index in [0.717, 1.165) is 17.8 Å². The Bertz CT molecular complexity index is 761. The zero-order valence-electron chi connectivity index (χ0n) is 11.2. The lowest BCUT2D eigenvalue weighted by Crippen LogP contribution is -2.26. The molecule has 0 bridgehead atoms. The molecule has 0 saturated heterocycles. The van der Waals surface area contributed by atoms with Crippen molar-refractivity contribution < 1.29 is 12.8 Å². The topological polar surface area (TPSA) is 90.0 Å². The number of nitrogens with one attached hydrogen (secondary N) is 1. The number of rotatable bonds is 5. The van der Waals surface area contributed by atoms with Crippen LogP contribution in [-0.4, -0.2) is 24.7 Å². The van der Waals surface area contributed by atoms with E-state index in [9.17, 15) is 12.8 Å². The molecule has 21 heavy (non-hydrogen) atoms. The highest BCUT2D eigenvalue weighted by molar-refractivity contribution is 9.10. The van der Waals surface area contributed by atoms with Gasteiger partial charge < -0.3 is 5.73 Å². The van der Waals surface area contributed by atoms with Crippen molar-refractivity contribution in [2.24, 2.45) is 7.05 Å². The quantitative estimate of drug-likeness (QED) is 0.772. The van der Waals surface area contributed by atoms with Gasteiger partial charge in [0, 0.05) is 30.7 Å². The summed E-state index contributed by atoms with van der Waals surface area (Å²) in [5.74, 6) is -0.672. The van der Waals surface area contributed by atoms with Gasteiger partial charge in [-0.2, -0.15) is 5.10 Å². The average Bonchev–Trinajstić information content (AvgIpc) is 2.79. The summed E-state index contributed by atoms with van der Waals surface area (Å²) in [6, 6.07) is 3.92. The molecule has 0 spiro atoms. The third-order valence-electron chi connectivity index (χ3n) is 2.78. The molecule has 9 heteroatoms. The first kappa shape index (κ1) is 15.9. The first-order valence-electron chi connectivity index (χ1n) is 6.02. The number of nitrogen functional groups attached to an aromatic ring is 1. The molecule has 0 amide bonds. The number of nitrogens with zero attached hydrogens (tertiary/aromatic N) is 2. The third-order valence-corrected chi connectivity index (χ3v) is 5.20. The third kappa shape index (κ3) is 3.80. The fraction of sp³-hybridized carbons (Fsp3) is 0.250. The van der Waals surface area contributed by atoms with Gasteiger partial charge in [-0.15, -0.1) is 0 Å². The molecular weight excluding hydrogens is 363 g/mol. The second-order valence-electron chi connectivity index (χ2n) is 4.43. The van der Waals surface area contributed by atoms with Gasteiger partial charge in [0.05, 0.1) is 16.3 Å². The van der Waals surface area contributed by atoms with E-state index in [1.165, 1.54) is 0 Å². The number of nitrogens with two attached hydrogens (primary N) is 1. The molecule has 0 saturated carbocycles. The van der Waals surface area contributed by atoms with Crippen molar-refractivity contribution >= 4 is 31.6 Å². The zero-order valence-corrected chi connectivity index (χ0v) is 13.6. The molecular formula is C12H14BrFN4O2S. The minimum Gasteiger partial charge on any atom is -0.396 e. The summed E-state index contributed by atoms with van der Waals surface area (Å²) in [5.41, 5.74) is 5.96. The number of aromatic nitrogens is 2. The Morgan fingerprint density at radius 1 is 1.48 bits per heavy atom. The van der Waals surface area contributed by atoms with Crippen molar-refractivity contribution in [3.8, 4) is 0 Å². The highest BCUT2D eigenvalue weighted by Crippen LogP contribution is 2.26. The first-order valence-corrected chi connectivity index (χ1v) is 8.30. The van der Waals surface area contributed by atoms with E-state index in [0.29, 0.717) is 6.42 Å². The van der Waals surface area contributed by atoms with Crippen LogP contribution in [0.2, 0.25) is 0 Å². The van der Waals surface area contributed by atoms with E-state index in [1.807, 2.05) is 0 Å². The van der Waals surface area contributed by atoms with Crippen LogP contribution in [0.25, 0.3) is 0 Å². The lowest BCUT2D eigenvalue weighted by atomic mass is 10.3. The van der Waals surface area contributed by atoms with E-state index in [2.05, 4.69) is 25.8 Å². The normalized spacial score (nSPS) is 11.8. The Labute approximate surface area is 130 Å². The van der Waals surface area contributed by atoms with Crippen LogP contribution in [0.3, 0.4) is 0 Å². The molecule has 0 fully saturated rings. The van der Waals surface area contributed by atoms with Crippen LogP contribution >= 0.6 is 15.9 Å². The summed E-state index contributed by atoms with van der Waals surface area (Å²) in [6.07, 6.45) is 2.23. The molecule has 1 aromatic carbocycles. The average molecular weight is 377 g/mol. The maximum atomic E-state index is 13.2. The SMILES string of the molecule is Cn1ccc(CCNS(=O)(=O)c2cc(N)c(F)cc2Br)n1. The van der Waals surface area contributed by atoms with Gasteiger partial charge in [-0.3, -0.25) is 4.68 Å². The fourth-order valence-electron chi connectivity index (χ4n) is 1.74. The number of hydrogen-bond donors (Lipinski definition) is 2. The summed E-state index contributed by atoms with van der Waals surface area (Å²) >= 11 is 3.03. The van der Waals surface area contributed by atoms with Crippen molar-refractivity contribution in [3.05, 3.63) is 40.4 Å². The minimum atomic E-state index is -3.77. The van der Waals surface area contributed by atoms with Crippen molar-refractivity contribution in [3.63, 3.8) is 0 Å². The maximum absolute atomic E-state index is 13.2. The van der Waals surface area contributed by atoms with Crippen molar-refractivity contribution in [1.82, 2.24) is 14.5 Å². The standard InChI is InChI=1S/C12H14BrFN4O2S/c1-18-5-3-8(17-18)2-4-16-21(19,20)12-7-11(15)10(14)6-9(12)13/h3,5-7,16H,2,4,15H2,1H3. The van der Waals surface area contributed by atoms with Crippen LogP contribution in [0.15, 0.2) is 33.8 Å². The predicted octanol–water partition coefficient (Wildman–Crippen LogP) is 1.42. The van der Waals surface area contributed by atoms with Crippen molar-refractivity contribution in [1.29, 1.82) is 0 Å². The monoisotopic (exact) mass is 376 g/mol. The number of benzene rings is 1. The Kier molecular flexibility index (Phi) is 4.64. The van der Waals surface area contributed by atoms with E-state index < -0.39 is 15.8 Å². The number of aryl methyl sites for hydroxylation is 1. The van der Waals surface area contributed by atoms with Crippen LogP contribution < -0.4 is 10.5 Å². The van der Waals surface area contributed by atoms with Crippen LogP contribution in [0.5, 0.6) is 0 Å². The van der Waals surface area contributed by atoms with Gasteiger partial charge in [-0.25, -0.2) is 17.5 Å². The Balaban J connectivity index is 2.10. The molecule has 0 unspecified atom stereocenters. The van der Waals surface area contributed by atoms with E-state index in [1.54, 1.807) is 24.0 Å². The Morgan fingerprint density at radius 3 is 2.81 bits per heavy atom. The molecule has 6 nitrogen and oxygen atoms in total. The van der Waals surface area contributed by atoms with Gasteiger partial charge in [0.1, 0.15) is 5.82 Å². The van der Waals surface area contributed by atoms with Crippen molar-refractivity contribution in [2.45, 2.75) is 11.3 Å². The minimum absolute atomic E-state index is 0.0950. The molecule has 0 radical (unpaired) electrons. The fourth-order valence-corrected chi connectivity index (χ4v) is 3.82. The molecule has 2 rings (SSSR count). The smallest absolute Gasteiger partial charge is 0.241 e. The first-order chi connectivity index (χ1) is 9.79. The summed E-state index contributed by atoms with van der Waals surface area (Å²) < 4.78 is 41.8. The van der Waals surface area contributed by atoms with Gasteiger partial charge in [0.2, 0.25) is 10.0 Å². The molecule has 114 valence electrons. The van der Waals surface area contributed by atoms with Gasteiger partial charge in [-0.05, 0) is 34.1 Å². The molecule has 0 aliphatic carbocycles. The molecule has 0 aliphatic rings. The van der Waals surface area contributed by atoms with Gasteiger partial charge >= 0.3 is 0 Å². The maximum Gasteiger partial charge on any atom is 0.241 e.